The van der Waals surface area contributed by atoms with Gasteiger partial charge in [-0.3, -0.25) is 9.59 Å². The van der Waals surface area contributed by atoms with Crippen LogP contribution in [0.3, 0.4) is 0 Å². The van der Waals surface area contributed by atoms with Crippen molar-refractivity contribution in [3.05, 3.63) is 76.2 Å². The predicted octanol–water partition coefficient (Wildman–Crippen LogP) is 4.08. The predicted molar refractivity (Wildman–Crippen MR) is 113 cm³/mol. The Balaban J connectivity index is 1.99. The summed E-state index contributed by atoms with van der Waals surface area (Å²) in [4.78, 5) is 25.9. The molecule has 0 bridgehead atoms. The number of rotatable bonds is 8. The van der Waals surface area contributed by atoms with Gasteiger partial charge in [-0.2, -0.15) is 31.7 Å². The van der Waals surface area contributed by atoms with Crippen molar-refractivity contribution in [3.63, 3.8) is 0 Å². The number of ether oxygens (including phenoxy) is 2. The van der Waals surface area contributed by atoms with Crippen LogP contribution in [0.1, 0.15) is 29.1 Å². The van der Waals surface area contributed by atoms with E-state index in [4.69, 9.17) is 4.74 Å². The molecular formula is C22H18F5N3O5. The number of carbonyl (C=O) groups excluding carboxylic acids is 1. The molecule has 13 heteroatoms. The molecule has 0 radical (unpaired) electrons. The molecule has 0 aliphatic carbocycles. The van der Waals surface area contributed by atoms with Crippen molar-refractivity contribution < 1.29 is 41.3 Å². The highest BCUT2D eigenvalue weighted by Crippen LogP contribution is 2.25. The van der Waals surface area contributed by atoms with E-state index < -0.39 is 42.5 Å². The Morgan fingerprint density at radius 3 is 2.40 bits per heavy atom. The Hall–Kier alpha value is -4.00. The van der Waals surface area contributed by atoms with Crippen LogP contribution in [-0.4, -0.2) is 40.2 Å². The van der Waals surface area contributed by atoms with E-state index >= 15 is 0 Å². The summed E-state index contributed by atoms with van der Waals surface area (Å²) in [6, 6.07) is 11.1. The Labute approximate surface area is 194 Å². The molecule has 1 amide bonds. The van der Waals surface area contributed by atoms with Crippen molar-refractivity contribution in [2.45, 2.75) is 25.8 Å². The van der Waals surface area contributed by atoms with Crippen LogP contribution in [0.2, 0.25) is 0 Å². The minimum atomic E-state index is -4.64. The number of amides is 1. The summed E-state index contributed by atoms with van der Waals surface area (Å²) < 4.78 is 72.2. The molecule has 35 heavy (non-hydrogen) atoms. The molecule has 1 heterocycles. The van der Waals surface area contributed by atoms with Crippen LogP contribution in [-0.2, 0) is 0 Å². The van der Waals surface area contributed by atoms with Gasteiger partial charge in [-0.1, -0.05) is 12.1 Å². The molecule has 3 aromatic rings. The maximum absolute atomic E-state index is 13.1. The number of nitrogens with zero attached hydrogens (tertiary/aromatic N) is 2. The Morgan fingerprint density at radius 1 is 1.14 bits per heavy atom. The quantitative estimate of drug-likeness (QED) is 0.453. The Morgan fingerprint density at radius 2 is 1.80 bits per heavy atom. The van der Waals surface area contributed by atoms with E-state index in [1.54, 1.807) is 0 Å². The van der Waals surface area contributed by atoms with Gasteiger partial charge in [0.25, 0.3) is 11.5 Å². The fraction of sp³-hybridized carbons (Fsp3) is 0.227. The highest BCUT2D eigenvalue weighted by atomic mass is 19.4. The van der Waals surface area contributed by atoms with E-state index in [0.717, 1.165) is 6.07 Å². The van der Waals surface area contributed by atoms with Crippen LogP contribution < -0.4 is 20.3 Å². The normalized spacial score (nSPS) is 12.3. The number of nitrogens with one attached hydrogen (secondary N) is 1. The van der Waals surface area contributed by atoms with Crippen LogP contribution in [0.15, 0.2) is 59.4 Å². The van der Waals surface area contributed by atoms with Crippen LogP contribution in [0.5, 0.6) is 11.5 Å². The minimum absolute atomic E-state index is 0.124. The first-order chi connectivity index (χ1) is 16.4. The van der Waals surface area contributed by atoms with Gasteiger partial charge in [0.15, 0.2) is 6.61 Å². The zero-order valence-electron chi connectivity index (χ0n) is 17.9. The fourth-order valence-corrected chi connectivity index (χ4v) is 2.88. The first-order valence-electron chi connectivity index (χ1n) is 9.92. The third kappa shape index (κ3) is 6.76. The number of hydrogen-bond acceptors (Lipinski definition) is 6. The zero-order chi connectivity index (χ0) is 25.8. The summed E-state index contributed by atoms with van der Waals surface area (Å²) in [6.45, 7) is -3.35. The molecule has 186 valence electrons. The van der Waals surface area contributed by atoms with Crippen LogP contribution >= 0.6 is 0 Å². The first-order valence-corrected chi connectivity index (χ1v) is 9.92. The van der Waals surface area contributed by atoms with Crippen molar-refractivity contribution in [3.8, 4) is 17.2 Å². The Bertz CT molecular complexity index is 1240. The SMILES string of the molecule is C[C@@H](O)c1cc(C(=O)Nc2ccc(OC(F)F)cc2)c(=O)n(-c2ccccc2OCC(F)(F)F)n1. The standard InChI is InChI=1S/C22H18F5N3O5/c1-12(31)16-10-15(19(32)28-13-6-8-14(9-7-13)35-21(23)24)20(33)30(29-16)17-4-2-3-5-18(17)34-11-22(25,26)27/h2-10,12,21,31H,11H2,1H3,(H,28,32)/t12-/m1/s1. The Kier molecular flexibility index (Phi) is 7.69. The van der Waals surface area contributed by atoms with Gasteiger partial charge < -0.3 is 19.9 Å². The summed E-state index contributed by atoms with van der Waals surface area (Å²) in [6.07, 6.45) is -5.89. The maximum Gasteiger partial charge on any atom is 0.422 e. The molecule has 0 saturated heterocycles. The van der Waals surface area contributed by atoms with Crippen LogP contribution in [0, 0.1) is 0 Å². The summed E-state index contributed by atoms with van der Waals surface area (Å²) in [5.74, 6) is -1.43. The molecule has 0 unspecified atom stereocenters. The number of benzene rings is 2. The van der Waals surface area contributed by atoms with E-state index in [9.17, 15) is 36.6 Å². The van der Waals surface area contributed by atoms with Crippen molar-refractivity contribution in [1.82, 2.24) is 9.78 Å². The topological polar surface area (TPSA) is 103 Å². The third-order valence-electron chi connectivity index (χ3n) is 4.43. The molecule has 0 aliphatic heterocycles. The molecule has 0 saturated carbocycles. The highest BCUT2D eigenvalue weighted by Gasteiger charge is 2.29. The average molecular weight is 499 g/mol. The van der Waals surface area contributed by atoms with Gasteiger partial charge in [-0.25, -0.2) is 0 Å². The largest absolute Gasteiger partial charge is 0.482 e. The van der Waals surface area contributed by atoms with Gasteiger partial charge in [0, 0.05) is 5.69 Å². The second-order valence-corrected chi connectivity index (χ2v) is 7.10. The molecule has 1 atom stereocenters. The molecule has 3 rings (SSSR count). The summed E-state index contributed by atoms with van der Waals surface area (Å²) in [5.41, 5.74) is -1.68. The molecule has 1 aromatic heterocycles. The molecule has 0 spiro atoms. The van der Waals surface area contributed by atoms with Gasteiger partial charge in [0.2, 0.25) is 0 Å². The lowest BCUT2D eigenvalue weighted by molar-refractivity contribution is -0.153. The van der Waals surface area contributed by atoms with Crippen molar-refractivity contribution >= 4 is 11.6 Å². The third-order valence-corrected chi connectivity index (χ3v) is 4.43. The summed E-state index contributed by atoms with van der Waals surface area (Å²) in [5, 5.41) is 16.4. The highest BCUT2D eigenvalue weighted by molar-refractivity contribution is 6.04. The molecule has 0 fully saturated rings. The molecule has 8 nitrogen and oxygen atoms in total. The number of aromatic nitrogens is 2. The molecular weight excluding hydrogens is 481 g/mol. The average Bonchev–Trinajstić information content (AvgIpc) is 2.78. The van der Waals surface area contributed by atoms with Gasteiger partial charge in [-0.05, 0) is 49.4 Å². The monoisotopic (exact) mass is 499 g/mol. The number of aliphatic hydroxyl groups excluding tert-OH is 1. The maximum atomic E-state index is 13.1. The number of para-hydroxylation sites is 2. The molecule has 2 aromatic carbocycles. The van der Waals surface area contributed by atoms with E-state index in [-0.39, 0.29) is 28.6 Å². The lowest BCUT2D eigenvalue weighted by Gasteiger charge is -2.16. The first kappa shape index (κ1) is 25.6. The lowest BCUT2D eigenvalue weighted by atomic mass is 10.1. The fourth-order valence-electron chi connectivity index (χ4n) is 2.88. The number of carbonyl (C=O) groups is 1. The van der Waals surface area contributed by atoms with E-state index in [2.05, 4.69) is 15.2 Å². The molecule has 0 aliphatic rings. The smallest absolute Gasteiger partial charge is 0.422 e. The molecule has 2 N–H and O–H groups in total. The van der Waals surface area contributed by atoms with Crippen molar-refractivity contribution in [2.24, 2.45) is 0 Å². The number of alkyl halides is 5. The van der Waals surface area contributed by atoms with Crippen molar-refractivity contribution in [2.75, 3.05) is 11.9 Å². The van der Waals surface area contributed by atoms with Crippen molar-refractivity contribution in [1.29, 1.82) is 0 Å². The number of anilines is 1. The number of hydrogen-bond donors (Lipinski definition) is 2. The van der Waals surface area contributed by atoms with Gasteiger partial charge in [0.1, 0.15) is 22.7 Å². The number of halogens is 5. The van der Waals surface area contributed by atoms with Gasteiger partial charge >= 0.3 is 12.8 Å². The zero-order valence-corrected chi connectivity index (χ0v) is 17.9. The van der Waals surface area contributed by atoms with E-state index in [1.165, 1.54) is 55.5 Å². The van der Waals surface area contributed by atoms with E-state index in [1.807, 2.05) is 0 Å². The second-order valence-electron chi connectivity index (χ2n) is 7.10. The van der Waals surface area contributed by atoms with Crippen LogP contribution in [0.4, 0.5) is 27.6 Å². The van der Waals surface area contributed by atoms with Crippen LogP contribution in [0.25, 0.3) is 5.69 Å². The lowest BCUT2D eigenvalue weighted by Crippen LogP contribution is -2.32. The van der Waals surface area contributed by atoms with E-state index in [0.29, 0.717) is 4.68 Å². The van der Waals surface area contributed by atoms with Gasteiger partial charge in [-0.15, -0.1) is 0 Å². The minimum Gasteiger partial charge on any atom is -0.482 e. The second kappa shape index (κ2) is 10.5. The van der Waals surface area contributed by atoms with Gasteiger partial charge in [0.05, 0.1) is 11.8 Å². The number of aliphatic hydroxyl groups is 1. The summed E-state index contributed by atoms with van der Waals surface area (Å²) >= 11 is 0. The summed E-state index contributed by atoms with van der Waals surface area (Å²) in [7, 11) is 0.